The van der Waals surface area contributed by atoms with Crippen molar-refractivity contribution in [3.05, 3.63) is 35.2 Å². The number of carboxylic acids is 1. The highest BCUT2D eigenvalue weighted by molar-refractivity contribution is 7.17. The van der Waals surface area contributed by atoms with Gasteiger partial charge in [0.2, 0.25) is 0 Å². The quantitative estimate of drug-likeness (QED) is 0.833. The molecule has 1 aromatic carbocycles. The van der Waals surface area contributed by atoms with Crippen molar-refractivity contribution in [3.8, 4) is 0 Å². The number of hydrogen-bond donors (Lipinski definition) is 2. The molecule has 1 atom stereocenters. The number of carboxylic acid groups (broad SMARTS) is 1. The summed E-state index contributed by atoms with van der Waals surface area (Å²) >= 11 is 1.56. The normalized spacial score (nSPS) is 12.9. The highest BCUT2D eigenvalue weighted by atomic mass is 32.1. The fourth-order valence-electron chi connectivity index (χ4n) is 1.63. The highest BCUT2D eigenvalue weighted by Gasteiger charge is 2.20. The molecule has 1 aromatic heterocycles. The maximum atomic E-state index is 11.0. The van der Waals surface area contributed by atoms with E-state index in [-0.39, 0.29) is 6.54 Å². The lowest BCUT2D eigenvalue weighted by Gasteiger charge is -2.07. The molecule has 0 amide bonds. The van der Waals surface area contributed by atoms with E-state index in [1.807, 2.05) is 29.6 Å². The van der Waals surface area contributed by atoms with Crippen LogP contribution < -0.4 is 5.73 Å². The third-order valence-electron chi connectivity index (χ3n) is 2.42. The van der Waals surface area contributed by atoms with Crippen LogP contribution in [0.1, 0.15) is 11.5 Å². The number of thiophene rings is 1. The van der Waals surface area contributed by atoms with Gasteiger partial charge in [-0.15, -0.1) is 11.3 Å². The maximum absolute atomic E-state index is 11.0. The molecule has 0 spiro atoms. The van der Waals surface area contributed by atoms with Gasteiger partial charge in [-0.05, 0) is 22.4 Å². The van der Waals surface area contributed by atoms with Crippen molar-refractivity contribution in [3.63, 3.8) is 0 Å². The Morgan fingerprint density at radius 1 is 1.47 bits per heavy atom. The molecule has 1 heterocycles. The SMILES string of the molecule is NCC(C(=O)O)c1csc2ccccc12. The lowest BCUT2D eigenvalue weighted by atomic mass is 9.99. The van der Waals surface area contributed by atoms with Gasteiger partial charge in [-0.25, -0.2) is 0 Å². The van der Waals surface area contributed by atoms with E-state index >= 15 is 0 Å². The predicted octanol–water partition coefficient (Wildman–Crippen LogP) is 2.03. The highest BCUT2D eigenvalue weighted by Crippen LogP contribution is 2.30. The van der Waals surface area contributed by atoms with Gasteiger partial charge < -0.3 is 10.8 Å². The van der Waals surface area contributed by atoms with E-state index in [1.165, 1.54) is 0 Å². The molecule has 3 nitrogen and oxygen atoms in total. The minimum absolute atomic E-state index is 0.135. The van der Waals surface area contributed by atoms with Crippen LogP contribution in [0.25, 0.3) is 10.1 Å². The van der Waals surface area contributed by atoms with Crippen LogP contribution in [0.5, 0.6) is 0 Å². The number of fused-ring (bicyclic) bond motifs is 1. The number of rotatable bonds is 3. The van der Waals surface area contributed by atoms with E-state index in [0.717, 1.165) is 15.6 Å². The molecule has 15 heavy (non-hydrogen) atoms. The second-order valence-electron chi connectivity index (χ2n) is 3.31. The lowest BCUT2D eigenvalue weighted by molar-refractivity contribution is -0.138. The van der Waals surface area contributed by atoms with Crippen LogP contribution in [0, 0.1) is 0 Å². The van der Waals surface area contributed by atoms with Gasteiger partial charge in [0, 0.05) is 11.2 Å². The second-order valence-corrected chi connectivity index (χ2v) is 4.22. The summed E-state index contributed by atoms with van der Waals surface area (Å²) in [6.07, 6.45) is 0. The Morgan fingerprint density at radius 2 is 2.20 bits per heavy atom. The fraction of sp³-hybridized carbons (Fsp3) is 0.182. The molecular formula is C11H11NO2S. The zero-order valence-corrected chi connectivity index (χ0v) is 8.83. The van der Waals surface area contributed by atoms with Gasteiger partial charge in [-0.3, -0.25) is 4.79 Å². The van der Waals surface area contributed by atoms with Gasteiger partial charge in [0.25, 0.3) is 0 Å². The summed E-state index contributed by atoms with van der Waals surface area (Å²) in [5.41, 5.74) is 6.30. The smallest absolute Gasteiger partial charge is 0.312 e. The first-order chi connectivity index (χ1) is 7.24. The Labute approximate surface area is 91.1 Å². The molecule has 0 aliphatic heterocycles. The first kappa shape index (κ1) is 10.1. The second kappa shape index (κ2) is 4.00. The van der Waals surface area contributed by atoms with E-state index in [2.05, 4.69) is 0 Å². The summed E-state index contributed by atoms with van der Waals surface area (Å²) < 4.78 is 1.10. The van der Waals surface area contributed by atoms with Crippen molar-refractivity contribution >= 4 is 27.4 Å². The minimum atomic E-state index is -0.860. The van der Waals surface area contributed by atoms with Crippen LogP contribution in [0.3, 0.4) is 0 Å². The van der Waals surface area contributed by atoms with Gasteiger partial charge in [-0.2, -0.15) is 0 Å². The van der Waals surface area contributed by atoms with Crippen molar-refractivity contribution in [1.82, 2.24) is 0 Å². The molecule has 0 bridgehead atoms. The van der Waals surface area contributed by atoms with Crippen molar-refractivity contribution in [1.29, 1.82) is 0 Å². The van der Waals surface area contributed by atoms with E-state index in [0.29, 0.717) is 0 Å². The zero-order valence-electron chi connectivity index (χ0n) is 8.01. The molecule has 2 rings (SSSR count). The summed E-state index contributed by atoms with van der Waals surface area (Å²) in [4.78, 5) is 11.0. The first-order valence-electron chi connectivity index (χ1n) is 4.63. The number of nitrogens with two attached hydrogens (primary N) is 1. The van der Waals surface area contributed by atoms with Gasteiger partial charge in [-0.1, -0.05) is 18.2 Å². The van der Waals surface area contributed by atoms with Gasteiger partial charge in [0.1, 0.15) is 0 Å². The summed E-state index contributed by atoms with van der Waals surface area (Å²) in [5.74, 6) is -1.46. The Balaban J connectivity index is 2.55. The average molecular weight is 221 g/mol. The minimum Gasteiger partial charge on any atom is -0.481 e. The third kappa shape index (κ3) is 1.73. The molecule has 1 unspecified atom stereocenters. The Kier molecular flexibility index (Phi) is 2.70. The van der Waals surface area contributed by atoms with Crippen LogP contribution in [0.2, 0.25) is 0 Å². The van der Waals surface area contributed by atoms with Crippen LogP contribution >= 0.6 is 11.3 Å². The Bertz CT molecular complexity index is 492. The largest absolute Gasteiger partial charge is 0.481 e. The molecule has 0 aliphatic carbocycles. The fourth-order valence-corrected chi connectivity index (χ4v) is 2.64. The summed E-state index contributed by atoms with van der Waals surface area (Å²) in [6, 6.07) is 7.78. The number of aliphatic carboxylic acids is 1. The molecule has 4 heteroatoms. The Morgan fingerprint density at radius 3 is 2.87 bits per heavy atom. The monoisotopic (exact) mass is 221 g/mol. The molecule has 0 fully saturated rings. The zero-order chi connectivity index (χ0) is 10.8. The number of benzene rings is 1. The van der Waals surface area contributed by atoms with Crippen molar-refractivity contribution in [2.45, 2.75) is 5.92 Å². The van der Waals surface area contributed by atoms with E-state index in [4.69, 9.17) is 10.8 Å². The topological polar surface area (TPSA) is 63.3 Å². The molecule has 2 aromatic rings. The summed E-state index contributed by atoms with van der Waals surface area (Å²) in [5, 5.41) is 11.9. The van der Waals surface area contributed by atoms with E-state index < -0.39 is 11.9 Å². The van der Waals surface area contributed by atoms with Gasteiger partial charge in [0.15, 0.2) is 0 Å². The number of hydrogen-bond acceptors (Lipinski definition) is 3. The molecule has 0 saturated carbocycles. The van der Waals surface area contributed by atoms with Crippen LogP contribution in [0.15, 0.2) is 29.6 Å². The Hall–Kier alpha value is -1.39. The van der Waals surface area contributed by atoms with Gasteiger partial charge >= 0.3 is 5.97 Å². The lowest BCUT2D eigenvalue weighted by Crippen LogP contribution is -2.20. The summed E-state index contributed by atoms with van der Waals surface area (Å²) in [7, 11) is 0. The van der Waals surface area contributed by atoms with Crippen LogP contribution in [0.4, 0.5) is 0 Å². The predicted molar refractivity (Wildman–Crippen MR) is 61.3 cm³/mol. The third-order valence-corrected chi connectivity index (χ3v) is 3.40. The average Bonchev–Trinajstić information content (AvgIpc) is 2.63. The number of carbonyl (C=O) groups is 1. The van der Waals surface area contributed by atoms with Crippen molar-refractivity contribution in [2.24, 2.45) is 5.73 Å². The van der Waals surface area contributed by atoms with Crippen molar-refractivity contribution in [2.75, 3.05) is 6.54 Å². The van der Waals surface area contributed by atoms with Crippen LogP contribution in [-0.4, -0.2) is 17.6 Å². The van der Waals surface area contributed by atoms with E-state index in [1.54, 1.807) is 11.3 Å². The van der Waals surface area contributed by atoms with Crippen LogP contribution in [-0.2, 0) is 4.79 Å². The molecule has 0 radical (unpaired) electrons. The summed E-state index contributed by atoms with van der Waals surface area (Å²) in [6.45, 7) is 0.135. The molecular weight excluding hydrogens is 210 g/mol. The van der Waals surface area contributed by atoms with Crippen molar-refractivity contribution < 1.29 is 9.90 Å². The first-order valence-corrected chi connectivity index (χ1v) is 5.51. The molecule has 0 saturated heterocycles. The molecule has 78 valence electrons. The standard InChI is InChI=1S/C11H11NO2S/c12-5-8(11(13)14)9-6-15-10-4-2-1-3-7(9)10/h1-4,6,8H,5,12H2,(H,13,14). The van der Waals surface area contributed by atoms with Gasteiger partial charge in [0.05, 0.1) is 5.92 Å². The molecule has 0 aliphatic rings. The maximum Gasteiger partial charge on any atom is 0.312 e. The molecule has 3 N–H and O–H groups in total. The van der Waals surface area contributed by atoms with E-state index in [9.17, 15) is 4.79 Å².